The number of alkyl halides is 1. The average Bonchev–Trinajstić information content (AvgIpc) is 2.64. The molecule has 1 heterocycles. The molecule has 2 rings (SSSR count). The number of hydrogen-bond acceptors (Lipinski definition) is 3. The lowest BCUT2D eigenvalue weighted by Gasteiger charge is -2.26. The van der Waals surface area contributed by atoms with E-state index >= 15 is 4.39 Å². The normalized spacial score (nSPS) is 24.4. The van der Waals surface area contributed by atoms with Crippen LogP contribution in [0.15, 0.2) is 18.2 Å². The van der Waals surface area contributed by atoms with Crippen LogP contribution in [0.4, 0.5) is 4.39 Å². The molecule has 0 aliphatic carbocycles. The number of rotatable bonds is 3. The van der Waals surface area contributed by atoms with Crippen LogP contribution in [0.1, 0.15) is 24.8 Å². The van der Waals surface area contributed by atoms with Gasteiger partial charge in [0.1, 0.15) is 17.2 Å². The van der Waals surface area contributed by atoms with E-state index in [4.69, 9.17) is 9.47 Å². The molecule has 100 valence electrons. The summed E-state index contributed by atoms with van der Waals surface area (Å²) in [4.78, 5) is 0. The Morgan fingerprint density at radius 3 is 2.72 bits per heavy atom. The van der Waals surface area contributed by atoms with Crippen molar-refractivity contribution in [3.05, 3.63) is 23.8 Å². The summed E-state index contributed by atoms with van der Waals surface area (Å²) in [5, 5.41) is 3.23. The highest BCUT2D eigenvalue weighted by Gasteiger charge is 2.35. The fraction of sp³-hybridized carbons (Fsp3) is 0.571. The molecule has 1 saturated heterocycles. The Hall–Kier alpha value is -1.29. The zero-order chi connectivity index (χ0) is 13.0. The van der Waals surface area contributed by atoms with Crippen molar-refractivity contribution in [2.45, 2.75) is 24.9 Å². The van der Waals surface area contributed by atoms with Crippen LogP contribution in [-0.4, -0.2) is 27.3 Å². The molecule has 1 unspecified atom stereocenters. The molecule has 0 spiro atoms. The molecule has 1 aromatic rings. The van der Waals surface area contributed by atoms with Gasteiger partial charge in [-0.3, -0.25) is 0 Å². The molecule has 0 radical (unpaired) electrons. The van der Waals surface area contributed by atoms with E-state index in [1.165, 1.54) is 0 Å². The highest BCUT2D eigenvalue weighted by Crippen LogP contribution is 2.42. The first-order valence-electron chi connectivity index (χ1n) is 6.32. The van der Waals surface area contributed by atoms with Crippen LogP contribution < -0.4 is 14.8 Å². The van der Waals surface area contributed by atoms with Crippen LogP contribution in [0.25, 0.3) is 0 Å². The molecule has 18 heavy (non-hydrogen) atoms. The van der Waals surface area contributed by atoms with E-state index in [-0.39, 0.29) is 0 Å². The van der Waals surface area contributed by atoms with E-state index in [0.29, 0.717) is 36.4 Å². The second-order valence-electron chi connectivity index (χ2n) is 4.64. The van der Waals surface area contributed by atoms with Crippen molar-refractivity contribution >= 4 is 0 Å². The maximum Gasteiger partial charge on any atom is 0.141 e. The molecule has 4 heteroatoms. The predicted octanol–water partition coefficient (Wildman–Crippen LogP) is 2.64. The van der Waals surface area contributed by atoms with E-state index < -0.39 is 5.67 Å². The maximum absolute atomic E-state index is 15.2. The third kappa shape index (κ3) is 2.58. The molecule has 3 nitrogen and oxygen atoms in total. The lowest BCUT2D eigenvalue weighted by Crippen LogP contribution is -2.23. The van der Waals surface area contributed by atoms with Crippen LogP contribution in [-0.2, 0) is 5.67 Å². The Bertz CT molecular complexity index is 401. The van der Waals surface area contributed by atoms with Gasteiger partial charge in [-0.05, 0) is 50.6 Å². The van der Waals surface area contributed by atoms with Crippen molar-refractivity contribution in [3.8, 4) is 11.5 Å². The van der Waals surface area contributed by atoms with Gasteiger partial charge in [-0.15, -0.1) is 0 Å². The number of ether oxygens (including phenoxy) is 2. The minimum Gasteiger partial charge on any atom is -0.497 e. The zero-order valence-corrected chi connectivity index (χ0v) is 11.0. The fourth-order valence-electron chi connectivity index (χ4n) is 2.46. The van der Waals surface area contributed by atoms with Crippen LogP contribution in [0.2, 0.25) is 0 Å². The first-order valence-corrected chi connectivity index (χ1v) is 6.32. The molecule has 0 amide bonds. The van der Waals surface area contributed by atoms with Gasteiger partial charge in [0.05, 0.1) is 14.2 Å². The highest BCUT2D eigenvalue weighted by atomic mass is 19.1. The van der Waals surface area contributed by atoms with Gasteiger partial charge in [-0.2, -0.15) is 0 Å². The number of nitrogens with one attached hydrogen (secondary N) is 1. The third-order valence-electron chi connectivity index (χ3n) is 3.51. The lowest BCUT2D eigenvalue weighted by molar-refractivity contribution is 0.139. The highest BCUT2D eigenvalue weighted by molar-refractivity contribution is 5.44. The fourth-order valence-corrected chi connectivity index (χ4v) is 2.46. The van der Waals surface area contributed by atoms with E-state index in [0.717, 1.165) is 13.0 Å². The van der Waals surface area contributed by atoms with Gasteiger partial charge in [0, 0.05) is 5.56 Å². The van der Waals surface area contributed by atoms with Crippen LogP contribution in [0, 0.1) is 0 Å². The molecular formula is C14H20FNO2. The zero-order valence-electron chi connectivity index (χ0n) is 11.0. The van der Waals surface area contributed by atoms with Crippen LogP contribution in [0.5, 0.6) is 11.5 Å². The summed E-state index contributed by atoms with van der Waals surface area (Å²) in [6.07, 6.45) is 1.82. The van der Waals surface area contributed by atoms with E-state index in [1.54, 1.807) is 32.4 Å². The van der Waals surface area contributed by atoms with E-state index in [1.807, 2.05) is 0 Å². The van der Waals surface area contributed by atoms with E-state index in [9.17, 15) is 0 Å². The molecule has 1 aliphatic rings. The second-order valence-corrected chi connectivity index (χ2v) is 4.64. The summed E-state index contributed by atoms with van der Waals surface area (Å²) in [7, 11) is 3.16. The van der Waals surface area contributed by atoms with Gasteiger partial charge >= 0.3 is 0 Å². The Balaban J connectivity index is 2.39. The Morgan fingerprint density at radius 1 is 1.17 bits per heavy atom. The SMILES string of the molecule is COc1ccc(OC)c(C2(F)CCCNCC2)c1. The van der Waals surface area contributed by atoms with Crippen molar-refractivity contribution < 1.29 is 13.9 Å². The largest absolute Gasteiger partial charge is 0.497 e. The van der Waals surface area contributed by atoms with Gasteiger partial charge in [0.15, 0.2) is 0 Å². The maximum atomic E-state index is 15.2. The smallest absolute Gasteiger partial charge is 0.141 e. The van der Waals surface area contributed by atoms with Crippen molar-refractivity contribution in [1.29, 1.82) is 0 Å². The Kier molecular flexibility index (Phi) is 4.07. The number of methoxy groups -OCH3 is 2. The average molecular weight is 253 g/mol. The predicted molar refractivity (Wildman–Crippen MR) is 69.1 cm³/mol. The van der Waals surface area contributed by atoms with Gasteiger partial charge in [-0.1, -0.05) is 0 Å². The molecule has 1 fully saturated rings. The van der Waals surface area contributed by atoms with Gasteiger partial charge < -0.3 is 14.8 Å². The summed E-state index contributed by atoms with van der Waals surface area (Å²) in [6, 6.07) is 5.32. The Morgan fingerprint density at radius 2 is 2.00 bits per heavy atom. The Labute approximate surface area is 107 Å². The minimum atomic E-state index is -1.33. The summed E-state index contributed by atoms with van der Waals surface area (Å²) < 4.78 is 25.6. The summed E-state index contributed by atoms with van der Waals surface area (Å²) in [5.74, 6) is 1.26. The molecule has 0 bridgehead atoms. The van der Waals surface area contributed by atoms with Gasteiger partial charge in [0.2, 0.25) is 0 Å². The van der Waals surface area contributed by atoms with E-state index in [2.05, 4.69) is 5.32 Å². The van der Waals surface area contributed by atoms with Gasteiger partial charge in [-0.25, -0.2) is 4.39 Å². The van der Waals surface area contributed by atoms with Crippen LogP contribution >= 0.6 is 0 Å². The molecule has 0 aromatic heterocycles. The standard InChI is InChI=1S/C14H20FNO2/c1-17-11-4-5-13(18-2)12(10-11)14(15)6-3-8-16-9-7-14/h4-5,10,16H,3,6-9H2,1-2H3. The topological polar surface area (TPSA) is 30.5 Å². The summed E-state index contributed by atoms with van der Waals surface area (Å²) in [6.45, 7) is 1.56. The number of hydrogen-bond donors (Lipinski definition) is 1. The molecule has 1 atom stereocenters. The van der Waals surface area contributed by atoms with Crippen molar-refractivity contribution in [2.75, 3.05) is 27.3 Å². The van der Waals surface area contributed by atoms with Crippen molar-refractivity contribution in [3.63, 3.8) is 0 Å². The first-order chi connectivity index (χ1) is 8.69. The molecular weight excluding hydrogens is 233 g/mol. The number of halogens is 1. The molecule has 1 aromatic carbocycles. The molecule has 1 aliphatic heterocycles. The minimum absolute atomic E-state index is 0.469. The quantitative estimate of drug-likeness (QED) is 0.898. The number of benzene rings is 1. The summed E-state index contributed by atoms with van der Waals surface area (Å²) in [5.41, 5.74) is -0.725. The second kappa shape index (κ2) is 5.57. The van der Waals surface area contributed by atoms with Crippen LogP contribution in [0.3, 0.4) is 0 Å². The lowest BCUT2D eigenvalue weighted by atomic mass is 9.88. The van der Waals surface area contributed by atoms with Crippen molar-refractivity contribution in [2.24, 2.45) is 0 Å². The van der Waals surface area contributed by atoms with Gasteiger partial charge in [0.25, 0.3) is 0 Å². The summed E-state index contributed by atoms with van der Waals surface area (Å²) >= 11 is 0. The van der Waals surface area contributed by atoms with Crippen molar-refractivity contribution in [1.82, 2.24) is 5.32 Å². The monoisotopic (exact) mass is 253 g/mol. The molecule has 0 saturated carbocycles. The molecule has 1 N–H and O–H groups in total. The third-order valence-corrected chi connectivity index (χ3v) is 3.51. The first kappa shape index (κ1) is 13.1.